The SMILES string of the molecule is C#CCOc1cc(-n2nc(C(C)(C)C)oc2=O)c(Cl)cc1Cl.COc1c(Cl)ccc(Cl)c1C(=O)O.O=C(Nc1nc(OC(F)F)cc(OC(F)F)n1)NS(=O)(=O)c1ccccc1C(=O)O.O=C(O)CNCP(=O)(O)O. The molecule has 2 heterocycles. The molecule has 408 valence electrons. The average molecular weight is 1190 g/mol. The fourth-order valence-corrected chi connectivity index (χ4v) is 7.32. The van der Waals surface area contributed by atoms with Crippen LogP contribution < -0.4 is 40.1 Å². The van der Waals surface area contributed by atoms with Crippen LogP contribution in [-0.2, 0) is 24.8 Å². The normalized spacial score (nSPS) is 11.0. The van der Waals surface area contributed by atoms with E-state index in [0.29, 0.717) is 23.4 Å². The Morgan fingerprint density at radius 2 is 1.45 bits per heavy atom. The summed E-state index contributed by atoms with van der Waals surface area (Å²) in [5.74, 6) is -4.37. The second-order valence-electron chi connectivity index (χ2n) is 14.4. The van der Waals surface area contributed by atoms with Crippen molar-refractivity contribution >= 4 is 93.9 Å². The minimum absolute atomic E-state index is 0.0434. The number of aliphatic carboxylic acids is 1. The Bertz CT molecular complexity index is 3090. The highest BCUT2D eigenvalue weighted by atomic mass is 35.5. The topological polar surface area (TPSA) is 367 Å². The Hall–Kier alpha value is -6.94. The Balaban J connectivity index is 0.000000373. The summed E-state index contributed by atoms with van der Waals surface area (Å²) in [5, 5.41) is 34.6. The molecule has 0 unspecified atom stereocenters. The zero-order chi connectivity index (χ0) is 57.2. The first-order chi connectivity index (χ1) is 34.7. The molecule has 3 aromatic carbocycles. The molecule has 0 fully saturated rings. The number of anilines is 1. The molecular formula is C40H38Cl4F4N7O18PS. The van der Waals surface area contributed by atoms with Crippen LogP contribution in [0.25, 0.3) is 5.69 Å². The van der Waals surface area contributed by atoms with E-state index >= 15 is 0 Å². The number of hydrogen-bond donors (Lipinski definition) is 8. The van der Waals surface area contributed by atoms with Crippen LogP contribution in [0.2, 0.25) is 20.1 Å². The minimum atomic E-state index is -4.71. The lowest BCUT2D eigenvalue weighted by molar-refractivity contribution is -0.135. The number of carbonyl (C=O) groups excluding carboxylic acids is 1. The molecule has 2 amide bonds. The van der Waals surface area contributed by atoms with Gasteiger partial charge in [-0.3, -0.25) is 20.0 Å². The number of methoxy groups -OCH3 is 1. The molecule has 2 aromatic heterocycles. The third-order valence-corrected chi connectivity index (χ3v) is 11.0. The van der Waals surface area contributed by atoms with Crippen LogP contribution in [0.4, 0.5) is 28.3 Å². The molecule has 8 N–H and O–H groups in total. The van der Waals surface area contributed by atoms with Crippen molar-refractivity contribution < 1.29 is 98.2 Å². The van der Waals surface area contributed by atoms with E-state index in [9.17, 15) is 54.5 Å². The first kappa shape index (κ1) is 64.2. The number of benzene rings is 3. The number of nitrogens with zero attached hydrogens (tertiary/aromatic N) is 4. The molecule has 0 bridgehead atoms. The van der Waals surface area contributed by atoms with Gasteiger partial charge < -0.3 is 48.5 Å². The van der Waals surface area contributed by atoms with Gasteiger partial charge in [-0.15, -0.1) is 11.5 Å². The third kappa shape index (κ3) is 21.4. The largest absolute Gasteiger partial charge is 0.494 e. The second kappa shape index (κ2) is 28.7. The molecule has 5 rings (SSSR count). The number of carbonyl (C=O) groups is 4. The van der Waals surface area contributed by atoms with Crippen molar-refractivity contribution in [3.05, 3.63) is 102 Å². The Morgan fingerprint density at radius 1 is 0.880 bits per heavy atom. The summed E-state index contributed by atoms with van der Waals surface area (Å²) in [6, 6.07) is 9.08. The van der Waals surface area contributed by atoms with E-state index in [1.165, 1.54) is 48.2 Å². The molecule has 0 saturated heterocycles. The van der Waals surface area contributed by atoms with E-state index in [0.717, 1.165) is 16.8 Å². The lowest BCUT2D eigenvalue weighted by Crippen LogP contribution is -2.35. The zero-order valence-electron chi connectivity index (χ0n) is 38.3. The van der Waals surface area contributed by atoms with Gasteiger partial charge in [-0.2, -0.15) is 32.2 Å². The molecule has 0 radical (unpaired) electrons. The van der Waals surface area contributed by atoms with Gasteiger partial charge in [0.25, 0.3) is 10.0 Å². The summed E-state index contributed by atoms with van der Waals surface area (Å²) in [6.45, 7) is -1.57. The van der Waals surface area contributed by atoms with E-state index in [1.54, 1.807) is 5.32 Å². The van der Waals surface area contributed by atoms with Gasteiger partial charge in [0.15, 0.2) is 5.75 Å². The summed E-state index contributed by atoms with van der Waals surface area (Å²) in [6.07, 6.45) is 4.56. The van der Waals surface area contributed by atoms with Gasteiger partial charge in [0.05, 0.1) is 57.3 Å². The van der Waals surface area contributed by atoms with Crippen LogP contribution in [0, 0.1) is 12.3 Å². The van der Waals surface area contributed by atoms with Crippen molar-refractivity contribution in [3.8, 4) is 41.3 Å². The van der Waals surface area contributed by atoms with Gasteiger partial charge in [-0.1, -0.05) is 85.2 Å². The third-order valence-electron chi connectivity index (χ3n) is 7.76. The highest BCUT2D eigenvalue weighted by Gasteiger charge is 2.27. The molecule has 0 spiro atoms. The van der Waals surface area contributed by atoms with Crippen LogP contribution >= 0.6 is 54.0 Å². The Morgan fingerprint density at radius 3 is 1.92 bits per heavy atom. The highest BCUT2D eigenvalue weighted by Crippen LogP contribution is 2.35. The maximum atomic E-state index is 12.3. The smallest absolute Gasteiger partial charge is 0.442 e. The molecule has 5 aromatic rings. The van der Waals surface area contributed by atoms with Crippen molar-refractivity contribution in [2.24, 2.45) is 0 Å². The van der Waals surface area contributed by atoms with E-state index in [1.807, 2.05) is 20.8 Å². The number of aromatic nitrogens is 4. The van der Waals surface area contributed by atoms with E-state index in [-0.39, 0.29) is 38.0 Å². The molecule has 25 nitrogen and oxygen atoms in total. The first-order valence-electron chi connectivity index (χ1n) is 19.5. The van der Waals surface area contributed by atoms with E-state index in [4.69, 9.17) is 91.8 Å². The van der Waals surface area contributed by atoms with Gasteiger partial charge in [-0.25, -0.2) is 32.3 Å². The summed E-state index contributed by atoms with van der Waals surface area (Å²) >= 11 is 23.5. The number of alkyl halides is 4. The number of nitrogens with one attached hydrogen (secondary N) is 3. The van der Waals surface area contributed by atoms with Gasteiger partial charge in [0.2, 0.25) is 23.6 Å². The zero-order valence-corrected chi connectivity index (χ0v) is 43.0. The van der Waals surface area contributed by atoms with Crippen LogP contribution in [-0.4, -0.2) is 117 Å². The minimum Gasteiger partial charge on any atom is -0.494 e. The van der Waals surface area contributed by atoms with Crippen LogP contribution in [0.3, 0.4) is 0 Å². The number of rotatable bonds is 17. The fraction of sp³-hybridized carbons (Fsp3) is 0.250. The predicted molar refractivity (Wildman–Crippen MR) is 256 cm³/mol. The number of hydrogen-bond acceptors (Lipinski definition) is 17. The molecule has 0 saturated carbocycles. The van der Waals surface area contributed by atoms with E-state index in [2.05, 4.69) is 35.8 Å². The number of carboxylic acids is 3. The van der Waals surface area contributed by atoms with E-state index < -0.39 is 107 Å². The predicted octanol–water partition coefficient (Wildman–Crippen LogP) is 6.83. The Labute approximate surface area is 439 Å². The number of halogens is 8. The average Bonchev–Trinajstić information content (AvgIpc) is 3.67. The van der Waals surface area contributed by atoms with Crippen molar-refractivity contribution in [2.75, 3.05) is 31.9 Å². The summed E-state index contributed by atoms with van der Waals surface area (Å²) < 4.78 is 109. The van der Waals surface area contributed by atoms with Gasteiger partial charge in [-0.05, 0) is 30.3 Å². The summed E-state index contributed by atoms with van der Waals surface area (Å²) in [4.78, 5) is 77.7. The van der Waals surface area contributed by atoms with Crippen molar-refractivity contribution in [2.45, 2.75) is 44.3 Å². The number of sulfonamides is 1. The molecule has 75 heavy (non-hydrogen) atoms. The van der Waals surface area contributed by atoms with Crippen LogP contribution in [0.1, 0.15) is 47.4 Å². The van der Waals surface area contributed by atoms with Gasteiger partial charge >= 0.3 is 50.5 Å². The first-order valence-corrected chi connectivity index (χ1v) is 24.3. The van der Waals surface area contributed by atoms with Crippen LogP contribution in [0.15, 0.2) is 68.7 Å². The number of urea groups is 1. The number of amides is 2. The number of aromatic carboxylic acids is 2. The number of ether oxygens (including phenoxy) is 4. The van der Waals surface area contributed by atoms with Gasteiger partial charge in [0, 0.05) is 11.5 Å². The maximum Gasteiger partial charge on any atom is 0.442 e. The summed E-state index contributed by atoms with van der Waals surface area (Å²) in [7, 11) is -7.47. The molecular weight excluding hydrogens is 1150 g/mol. The second-order valence-corrected chi connectivity index (χ2v) is 19.4. The molecule has 0 aliphatic carbocycles. The monoisotopic (exact) mass is 1180 g/mol. The maximum absolute atomic E-state index is 12.3. The fourth-order valence-electron chi connectivity index (χ4n) is 4.83. The van der Waals surface area contributed by atoms with Crippen molar-refractivity contribution in [3.63, 3.8) is 0 Å². The summed E-state index contributed by atoms with van der Waals surface area (Å²) in [5.41, 5.74) is -0.862. The molecule has 0 aliphatic heterocycles. The van der Waals surface area contributed by atoms with Gasteiger partial charge in [0.1, 0.15) is 22.8 Å². The van der Waals surface area contributed by atoms with Crippen molar-refractivity contribution in [1.82, 2.24) is 29.8 Å². The lowest BCUT2D eigenvalue weighted by atomic mass is 9.97. The number of terminal acetylenes is 1. The Kier molecular flexibility index (Phi) is 24.5. The van der Waals surface area contributed by atoms with Crippen LogP contribution in [0.5, 0.6) is 23.3 Å². The molecule has 0 aliphatic rings. The lowest BCUT2D eigenvalue weighted by Gasteiger charge is -2.11. The standard InChI is InChI=1S/C15H14Cl2N2O3.C14H10F4N4O7S.C8H6Cl2O3.C3H8NO5P/c1-5-6-21-12-8-11(9(16)7-10(12)17)19-14(20)22-13(18-19)15(2,3)4;15-11(16)28-8-5-9(29-12(17)18)20-13(19-8)21-14(25)22-30(26,27)7-4-2-1-3-6(7)10(23)24;1-13-7-5(10)3-2-4(9)6(7)8(11)12;5-3(6)1-4-2-10(7,8)9/h1,7-8H,6H2,2-4H3;1-5,11-12H,(H,23,24)(H2,19,20,21,22,25);2-3H,1H3,(H,11,12);4H,1-2H2,(H,5,6)(H2,7,8,9). The van der Waals surface area contributed by atoms with Crippen molar-refractivity contribution in [1.29, 1.82) is 0 Å². The number of carboxylic acid groups (broad SMARTS) is 3. The molecule has 0 atom stereocenters. The molecule has 35 heteroatoms. The quantitative estimate of drug-likeness (QED) is 0.0269. The highest BCUT2D eigenvalue weighted by molar-refractivity contribution is 7.90.